The summed E-state index contributed by atoms with van der Waals surface area (Å²) in [6, 6.07) is 57.1. The highest BCUT2D eigenvalue weighted by Crippen LogP contribution is 2.52. The van der Waals surface area contributed by atoms with Gasteiger partial charge in [0.1, 0.15) is 11.2 Å². The summed E-state index contributed by atoms with van der Waals surface area (Å²) in [6.45, 7) is 4.65. The lowest BCUT2D eigenvalue weighted by atomic mass is 9.82. The smallest absolute Gasteiger partial charge is 0.164 e. The maximum absolute atomic E-state index is 6.52. The van der Waals surface area contributed by atoms with Crippen LogP contribution in [-0.4, -0.2) is 15.0 Å². The average Bonchev–Trinajstić information content (AvgIpc) is 3.70. The summed E-state index contributed by atoms with van der Waals surface area (Å²) in [5.74, 6) is 1.84. The molecule has 4 heteroatoms. The Morgan fingerprint density at radius 3 is 1.77 bits per heavy atom. The third kappa shape index (κ3) is 4.72. The molecule has 0 bridgehead atoms. The van der Waals surface area contributed by atoms with Gasteiger partial charge in [0.25, 0.3) is 0 Å². The second-order valence-corrected chi connectivity index (χ2v) is 14.0. The summed E-state index contributed by atoms with van der Waals surface area (Å²) >= 11 is 0. The quantitative estimate of drug-likeness (QED) is 0.183. The van der Waals surface area contributed by atoms with E-state index < -0.39 is 0 Å². The van der Waals surface area contributed by atoms with Crippen molar-refractivity contribution in [3.8, 4) is 67.5 Å². The highest BCUT2D eigenvalue weighted by Gasteiger charge is 2.36. The third-order valence-corrected chi connectivity index (χ3v) is 10.6. The molecule has 2 aromatic heterocycles. The van der Waals surface area contributed by atoms with Gasteiger partial charge in [0.15, 0.2) is 17.5 Å². The molecule has 0 aliphatic heterocycles. The molecule has 4 nitrogen and oxygen atoms in total. The van der Waals surface area contributed by atoms with Crippen LogP contribution in [0.1, 0.15) is 25.0 Å². The SMILES string of the molecule is CC1(C)c2ccccc2-c2c(-c3ccc4oc5cccc(-c6nc(-c7ccccc7)nc(-c7ccccc7-c7ccccc7)n6)c5c4c3)cccc21. The first kappa shape index (κ1) is 30.2. The lowest BCUT2D eigenvalue weighted by Crippen LogP contribution is -2.14. The zero-order chi connectivity index (χ0) is 34.8. The number of benzene rings is 7. The first-order valence-electron chi connectivity index (χ1n) is 17.7. The van der Waals surface area contributed by atoms with Crippen molar-refractivity contribution in [3.63, 3.8) is 0 Å². The molecule has 246 valence electrons. The van der Waals surface area contributed by atoms with Crippen LogP contribution in [0, 0.1) is 0 Å². The number of aromatic nitrogens is 3. The summed E-state index contributed by atoms with van der Waals surface area (Å²) in [5.41, 5.74) is 14.2. The van der Waals surface area contributed by atoms with Crippen LogP contribution in [0.3, 0.4) is 0 Å². The van der Waals surface area contributed by atoms with Gasteiger partial charge in [-0.1, -0.05) is 159 Å². The van der Waals surface area contributed by atoms with E-state index in [9.17, 15) is 0 Å². The molecular weight excluding hydrogens is 635 g/mol. The van der Waals surface area contributed by atoms with E-state index in [-0.39, 0.29) is 5.41 Å². The zero-order valence-corrected chi connectivity index (χ0v) is 28.8. The van der Waals surface area contributed by atoms with Gasteiger partial charge < -0.3 is 4.42 Å². The van der Waals surface area contributed by atoms with Crippen molar-refractivity contribution >= 4 is 21.9 Å². The van der Waals surface area contributed by atoms with E-state index in [1.807, 2.05) is 54.6 Å². The summed E-state index contributed by atoms with van der Waals surface area (Å²) < 4.78 is 6.52. The average molecular weight is 668 g/mol. The van der Waals surface area contributed by atoms with Gasteiger partial charge in [-0.25, -0.2) is 15.0 Å². The first-order valence-corrected chi connectivity index (χ1v) is 17.7. The number of furan rings is 1. The minimum absolute atomic E-state index is 0.0759. The highest BCUT2D eigenvalue weighted by molar-refractivity contribution is 6.13. The second-order valence-electron chi connectivity index (χ2n) is 14.0. The summed E-state index contributed by atoms with van der Waals surface area (Å²) in [5, 5.41) is 2.01. The zero-order valence-electron chi connectivity index (χ0n) is 28.8. The molecule has 0 unspecified atom stereocenters. The molecule has 0 N–H and O–H groups in total. The van der Waals surface area contributed by atoms with Crippen LogP contribution in [-0.2, 0) is 5.41 Å². The predicted molar refractivity (Wildman–Crippen MR) is 212 cm³/mol. The first-order chi connectivity index (χ1) is 25.5. The van der Waals surface area contributed by atoms with Crippen LogP contribution < -0.4 is 0 Å². The second kappa shape index (κ2) is 11.7. The minimum atomic E-state index is -0.0759. The molecule has 2 heterocycles. The van der Waals surface area contributed by atoms with E-state index in [2.05, 4.69) is 123 Å². The fraction of sp³-hybridized carbons (Fsp3) is 0.0625. The molecule has 1 aliphatic carbocycles. The molecule has 0 amide bonds. The maximum Gasteiger partial charge on any atom is 0.164 e. The lowest BCUT2D eigenvalue weighted by molar-refractivity contribution is 0.660. The van der Waals surface area contributed by atoms with Crippen LogP contribution >= 0.6 is 0 Å². The minimum Gasteiger partial charge on any atom is -0.456 e. The summed E-state index contributed by atoms with van der Waals surface area (Å²) in [4.78, 5) is 15.5. The Hall–Kier alpha value is -6.65. The van der Waals surface area contributed by atoms with Crippen LogP contribution in [0.5, 0.6) is 0 Å². The van der Waals surface area contributed by atoms with Crippen LogP contribution in [0.2, 0.25) is 0 Å². The highest BCUT2D eigenvalue weighted by atomic mass is 16.3. The van der Waals surface area contributed by atoms with E-state index in [1.54, 1.807) is 0 Å². The molecule has 0 fully saturated rings. The predicted octanol–water partition coefficient (Wildman–Crippen LogP) is 12.4. The molecule has 0 spiro atoms. The largest absolute Gasteiger partial charge is 0.456 e. The van der Waals surface area contributed by atoms with Gasteiger partial charge in [-0.15, -0.1) is 0 Å². The van der Waals surface area contributed by atoms with E-state index in [0.717, 1.165) is 55.3 Å². The normalized spacial score (nSPS) is 13.0. The Balaban J connectivity index is 1.20. The van der Waals surface area contributed by atoms with Crippen molar-refractivity contribution in [1.29, 1.82) is 0 Å². The van der Waals surface area contributed by atoms with E-state index >= 15 is 0 Å². The molecule has 0 atom stereocenters. The number of hydrogen-bond acceptors (Lipinski definition) is 4. The number of fused-ring (bicyclic) bond motifs is 6. The van der Waals surface area contributed by atoms with Gasteiger partial charge in [0, 0.05) is 32.9 Å². The molecule has 9 aromatic rings. The lowest BCUT2D eigenvalue weighted by Gasteiger charge is -2.21. The Bertz CT molecular complexity index is 2820. The molecule has 52 heavy (non-hydrogen) atoms. The molecule has 10 rings (SSSR count). The van der Waals surface area contributed by atoms with Crippen LogP contribution in [0.25, 0.3) is 89.5 Å². The van der Waals surface area contributed by atoms with Gasteiger partial charge in [0.2, 0.25) is 0 Å². The maximum atomic E-state index is 6.52. The molecule has 0 radical (unpaired) electrons. The summed E-state index contributed by atoms with van der Waals surface area (Å²) in [7, 11) is 0. The van der Waals surface area contributed by atoms with Crippen molar-refractivity contribution < 1.29 is 4.42 Å². The monoisotopic (exact) mass is 667 g/mol. The summed E-state index contributed by atoms with van der Waals surface area (Å²) in [6.07, 6.45) is 0. The molecule has 0 saturated heterocycles. The topological polar surface area (TPSA) is 51.8 Å². The van der Waals surface area contributed by atoms with Crippen molar-refractivity contribution in [2.45, 2.75) is 19.3 Å². The van der Waals surface area contributed by atoms with E-state index in [4.69, 9.17) is 19.4 Å². The van der Waals surface area contributed by atoms with Gasteiger partial charge in [-0.3, -0.25) is 0 Å². The molecule has 1 aliphatic rings. The van der Waals surface area contributed by atoms with Gasteiger partial charge >= 0.3 is 0 Å². The number of hydrogen-bond donors (Lipinski definition) is 0. The van der Waals surface area contributed by atoms with Gasteiger partial charge in [-0.05, 0) is 62.7 Å². The van der Waals surface area contributed by atoms with Gasteiger partial charge in [0.05, 0.1) is 0 Å². The number of nitrogens with zero attached hydrogens (tertiary/aromatic N) is 3. The fourth-order valence-electron chi connectivity index (χ4n) is 8.06. The van der Waals surface area contributed by atoms with Crippen LogP contribution in [0.15, 0.2) is 168 Å². The Morgan fingerprint density at radius 1 is 0.404 bits per heavy atom. The van der Waals surface area contributed by atoms with Crippen LogP contribution in [0.4, 0.5) is 0 Å². The molecular formula is C48H33N3O. The number of rotatable bonds is 5. The Kier molecular flexibility index (Phi) is 6.80. The fourth-order valence-corrected chi connectivity index (χ4v) is 8.06. The Morgan fingerprint density at radius 2 is 0.981 bits per heavy atom. The van der Waals surface area contributed by atoms with Gasteiger partial charge in [-0.2, -0.15) is 0 Å². The van der Waals surface area contributed by atoms with Crippen molar-refractivity contribution in [3.05, 3.63) is 175 Å². The van der Waals surface area contributed by atoms with Crippen molar-refractivity contribution in [1.82, 2.24) is 15.0 Å². The van der Waals surface area contributed by atoms with Crippen molar-refractivity contribution in [2.24, 2.45) is 0 Å². The standard InChI is InChI=1S/C48H33N3O/c1-48(2)39-24-12-11-21-36(39)43-34(22-13-25-40(43)48)32-27-28-41-38(29-32)44-37(23-14-26-42(44)52-41)47-50-45(31-17-7-4-8-18-31)49-46(51-47)35-20-10-9-19-33(35)30-15-5-3-6-16-30/h3-29H,1-2H3. The Labute approximate surface area is 302 Å². The van der Waals surface area contributed by atoms with E-state index in [1.165, 1.54) is 27.8 Å². The third-order valence-electron chi connectivity index (χ3n) is 10.6. The van der Waals surface area contributed by atoms with E-state index in [0.29, 0.717) is 17.5 Å². The molecule has 0 saturated carbocycles. The molecule has 7 aromatic carbocycles. The van der Waals surface area contributed by atoms with Crippen molar-refractivity contribution in [2.75, 3.05) is 0 Å².